The summed E-state index contributed by atoms with van der Waals surface area (Å²) in [6.07, 6.45) is 7.48. The number of benzene rings is 1. The summed E-state index contributed by atoms with van der Waals surface area (Å²) in [6, 6.07) is 5.52. The second-order valence-electron chi connectivity index (χ2n) is 5.51. The molecule has 2 fully saturated rings. The summed E-state index contributed by atoms with van der Waals surface area (Å²) >= 11 is 18.9. The first-order chi connectivity index (χ1) is 10.6. The lowest BCUT2D eigenvalue weighted by Gasteiger charge is -2.29. The Hall–Kier alpha value is -0.550. The van der Waals surface area contributed by atoms with Gasteiger partial charge in [-0.05, 0) is 36.6 Å². The number of hydrogen-bond donors (Lipinski definition) is 0. The molecular formula is C16H15Cl2NOS2. The van der Waals surface area contributed by atoms with Gasteiger partial charge in [-0.3, -0.25) is 9.69 Å². The molecule has 0 unspecified atom stereocenters. The molecule has 6 heteroatoms. The van der Waals surface area contributed by atoms with Crippen LogP contribution in [0.25, 0.3) is 6.08 Å². The summed E-state index contributed by atoms with van der Waals surface area (Å²) in [5, 5.41) is 1.12. The molecule has 3 rings (SSSR count). The fraction of sp³-hybridized carbons (Fsp3) is 0.375. The Kier molecular flexibility index (Phi) is 5.13. The van der Waals surface area contributed by atoms with E-state index in [1.165, 1.54) is 31.0 Å². The van der Waals surface area contributed by atoms with Gasteiger partial charge in [-0.15, -0.1) is 0 Å². The van der Waals surface area contributed by atoms with Crippen molar-refractivity contribution in [3.05, 3.63) is 38.7 Å². The van der Waals surface area contributed by atoms with Gasteiger partial charge < -0.3 is 0 Å². The molecule has 1 aliphatic carbocycles. The van der Waals surface area contributed by atoms with Gasteiger partial charge in [0.2, 0.25) is 0 Å². The third kappa shape index (κ3) is 3.35. The number of thioether (sulfide) groups is 1. The van der Waals surface area contributed by atoms with Gasteiger partial charge >= 0.3 is 0 Å². The zero-order valence-corrected chi connectivity index (χ0v) is 15.0. The lowest BCUT2D eigenvalue weighted by Crippen LogP contribution is -2.39. The Bertz CT molecular complexity index is 654. The van der Waals surface area contributed by atoms with Crippen LogP contribution in [0.5, 0.6) is 0 Å². The van der Waals surface area contributed by atoms with E-state index >= 15 is 0 Å². The first kappa shape index (κ1) is 16.3. The standard InChI is InChI=1S/C16H15Cl2NOS2/c17-11-7-6-10(13(18)9-11)8-14-15(20)19(16(21)22-14)12-4-2-1-3-5-12/h6-9,12H,1-5H2/b14-8+. The molecule has 0 N–H and O–H groups in total. The van der Waals surface area contributed by atoms with Crippen molar-refractivity contribution in [1.82, 2.24) is 4.90 Å². The minimum absolute atomic E-state index is 0.00733. The molecule has 2 nitrogen and oxygen atoms in total. The van der Waals surface area contributed by atoms with Gasteiger partial charge in [0.25, 0.3) is 5.91 Å². The second-order valence-corrected chi connectivity index (χ2v) is 8.03. The number of nitrogens with zero attached hydrogens (tertiary/aromatic N) is 1. The minimum atomic E-state index is 0.00733. The highest BCUT2D eigenvalue weighted by Gasteiger charge is 2.37. The maximum Gasteiger partial charge on any atom is 0.266 e. The molecule has 1 saturated carbocycles. The van der Waals surface area contributed by atoms with Gasteiger partial charge in [0.05, 0.1) is 4.91 Å². The summed E-state index contributed by atoms with van der Waals surface area (Å²) in [5.74, 6) is 0.00733. The fourth-order valence-corrected chi connectivity index (χ4v) is 4.75. The van der Waals surface area contributed by atoms with Crippen molar-refractivity contribution in [2.45, 2.75) is 38.1 Å². The molecule has 116 valence electrons. The maximum absolute atomic E-state index is 12.7. The molecule has 0 atom stereocenters. The highest BCUT2D eigenvalue weighted by Crippen LogP contribution is 2.38. The third-order valence-corrected chi connectivity index (χ3v) is 5.91. The summed E-state index contributed by atoms with van der Waals surface area (Å²) in [5.41, 5.74) is 0.787. The molecule has 0 radical (unpaired) electrons. The maximum atomic E-state index is 12.7. The molecule has 1 aromatic rings. The van der Waals surface area contributed by atoms with E-state index in [0.717, 1.165) is 18.4 Å². The number of hydrogen-bond acceptors (Lipinski definition) is 3. The predicted octanol–water partition coefficient (Wildman–Crippen LogP) is 5.53. The van der Waals surface area contributed by atoms with Gasteiger partial charge in [-0.25, -0.2) is 0 Å². The molecule has 0 aromatic heterocycles. The Morgan fingerprint density at radius 1 is 1.23 bits per heavy atom. The number of amides is 1. The van der Waals surface area contributed by atoms with Gasteiger partial charge in [0, 0.05) is 16.1 Å². The van der Waals surface area contributed by atoms with Crippen molar-refractivity contribution >= 4 is 63.5 Å². The van der Waals surface area contributed by atoms with Crippen LogP contribution in [0.2, 0.25) is 10.0 Å². The molecule has 1 amide bonds. The van der Waals surface area contributed by atoms with Crippen molar-refractivity contribution < 1.29 is 4.79 Å². The van der Waals surface area contributed by atoms with Gasteiger partial charge in [-0.1, -0.05) is 72.5 Å². The van der Waals surface area contributed by atoms with Crippen LogP contribution >= 0.6 is 47.2 Å². The Balaban J connectivity index is 1.85. The van der Waals surface area contributed by atoms with E-state index in [2.05, 4.69) is 0 Å². The van der Waals surface area contributed by atoms with Gasteiger partial charge in [0.1, 0.15) is 4.32 Å². The van der Waals surface area contributed by atoms with Crippen molar-refractivity contribution in [1.29, 1.82) is 0 Å². The molecule has 22 heavy (non-hydrogen) atoms. The summed E-state index contributed by atoms with van der Waals surface area (Å²) in [4.78, 5) is 15.1. The Morgan fingerprint density at radius 3 is 2.64 bits per heavy atom. The predicted molar refractivity (Wildman–Crippen MR) is 98.3 cm³/mol. The van der Waals surface area contributed by atoms with E-state index in [1.807, 2.05) is 6.07 Å². The number of thiocarbonyl (C=S) groups is 1. The molecule has 1 saturated heterocycles. The quantitative estimate of drug-likeness (QED) is 0.503. The zero-order valence-electron chi connectivity index (χ0n) is 11.9. The van der Waals surface area contributed by atoms with Crippen molar-refractivity contribution in [2.24, 2.45) is 0 Å². The van der Waals surface area contributed by atoms with Crippen LogP contribution < -0.4 is 0 Å². The van der Waals surface area contributed by atoms with E-state index < -0.39 is 0 Å². The molecule has 2 aliphatic rings. The van der Waals surface area contributed by atoms with Crippen LogP contribution in [0, 0.1) is 0 Å². The van der Waals surface area contributed by atoms with Crippen LogP contribution in [0.4, 0.5) is 0 Å². The summed E-state index contributed by atoms with van der Waals surface area (Å²) in [6.45, 7) is 0. The largest absolute Gasteiger partial charge is 0.290 e. The zero-order chi connectivity index (χ0) is 15.7. The van der Waals surface area contributed by atoms with Crippen molar-refractivity contribution in [2.75, 3.05) is 0 Å². The van der Waals surface area contributed by atoms with Gasteiger partial charge in [0.15, 0.2) is 0 Å². The molecule has 1 aliphatic heterocycles. The van der Waals surface area contributed by atoms with Crippen molar-refractivity contribution in [3.8, 4) is 0 Å². The highest BCUT2D eigenvalue weighted by atomic mass is 35.5. The fourth-order valence-electron chi connectivity index (χ4n) is 2.89. The molecule has 1 aromatic carbocycles. The first-order valence-electron chi connectivity index (χ1n) is 7.28. The average molecular weight is 372 g/mol. The van der Waals surface area contributed by atoms with Crippen LogP contribution in [-0.4, -0.2) is 21.2 Å². The van der Waals surface area contributed by atoms with E-state index in [4.69, 9.17) is 35.4 Å². The smallest absolute Gasteiger partial charge is 0.266 e. The van der Waals surface area contributed by atoms with E-state index in [9.17, 15) is 4.79 Å². The average Bonchev–Trinajstić information content (AvgIpc) is 2.77. The monoisotopic (exact) mass is 371 g/mol. The highest BCUT2D eigenvalue weighted by molar-refractivity contribution is 8.26. The Labute approximate surface area is 149 Å². The third-order valence-electron chi connectivity index (χ3n) is 4.01. The normalized spacial score (nSPS) is 21.9. The topological polar surface area (TPSA) is 20.3 Å². The van der Waals surface area contributed by atoms with Crippen LogP contribution in [0.1, 0.15) is 37.7 Å². The lowest BCUT2D eigenvalue weighted by molar-refractivity contribution is -0.124. The molecule has 0 spiro atoms. The van der Waals surface area contributed by atoms with E-state index in [-0.39, 0.29) is 11.9 Å². The SMILES string of the molecule is O=C1/C(=C\c2ccc(Cl)cc2Cl)SC(=S)N1C1CCCCC1. The number of carbonyl (C=O) groups is 1. The number of carbonyl (C=O) groups excluding carboxylic acids is 1. The summed E-state index contributed by atoms with van der Waals surface area (Å²) < 4.78 is 0.660. The van der Waals surface area contributed by atoms with E-state index in [1.54, 1.807) is 23.1 Å². The van der Waals surface area contributed by atoms with E-state index in [0.29, 0.717) is 19.3 Å². The summed E-state index contributed by atoms with van der Waals surface area (Å²) in [7, 11) is 0. The Morgan fingerprint density at radius 2 is 1.95 bits per heavy atom. The lowest BCUT2D eigenvalue weighted by atomic mass is 9.94. The second kappa shape index (κ2) is 6.91. The molecular weight excluding hydrogens is 357 g/mol. The van der Waals surface area contributed by atoms with Crippen LogP contribution in [0.15, 0.2) is 23.1 Å². The first-order valence-corrected chi connectivity index (χ1v) is 9.26. The number of halogens is 2. The molecule has 0 bridgehead atoms. The minimum Gasteiger partial charge on any atom is -0.290 e. The van der Waals surface area contributed by atoms with Crippen LogP contribution in [0.3, 0.4) is 0 Å². The number of rotatable bonds is 2. The van der Waals surface area contributed by atoms with Crippen LogP contribution in [-0.2, 0) is 4.79 Å². The van der Waals surface area contributed by atoms with Gasteiger partial charge in [-0.2, -0.15) is 0 Å². The molecule has 1 heterocycles. The van der Waals surface area contributed by atoms with Crippen molar-refractivity contribution in [3.63, 3.8) is 0 Å².